The normalized spacial score (nSPS) is 12.0. The van der Waals surface area contributed by atoms with Gasteiger partial charge in [0.25, 0.3) is 0 Å². The maximum absolute atomic E-state index is 5.71. The standard InChI is InChI=1S/3C3H7O.HI.Ti/c3*1-2-3-4;;/h3*2-3H2,1H3;1H;/q3*-1;;+4/p-1. The van der Waals surface area contributed by atoms with Crippen molar-refractivity contribution in [1.29, 1.82) is 0 Å². The molecule has 0 saturated heterocycles. The van der Waals surface area contributed by atoms with E-state index in [0.717, 1.165) is 39.1 Å². The molecule has 0 aromatic carbocycles. The van der Waals surface area contributed by atoms with Crippen LogP contribution in [0, 0.1) is 0 Å². The van der Waals surface area contributed by atoms with Gasteiger partial charge in [0.05, 0.1) is 0 Å². The van der Waals surface area contributed by atoms with Crippen molar-refractivity contribution >= 4 is 19.2 Å². The molecule has 0 radical (unpaired) electrons. The van der Waals surface area contributed by atoms with E-state index in [4.69, 9.17) is 9.96 Å². The van der Waals surface area contributed by atoms with Gasteiger partial charge < -0.3 is 0 Å². The third kappa shape index (κ3) is 7.59. The third-order valence-electron chi connectivity index (χ3n) is 1.44. The van der Waals surface area contributed by atoms with Gasteiger partial charge in [0.2, 0.25) is 0 Å². The van der Waals surface area contributed by atoms with Gasteiger partial charge in [0.1, 0.15) is 0 Å². The van der Waals surface area contributed by atoms with E-state index in [2.05, 4.69) is 40.0 Å². The first-order valence-corrected chi connectivity index (χ1v) is 12.2. The first-order chi connectivity index (χ1) is 6.68. The molecule has 0 N–H and O–H groups in total. The summed E-state index contributed by atoms with van der Waals surface area (Å²) in [4.78, 5) is 0. The molecule has 0 fully saturated rings. The Hall–Kier alpha value is 1.32. The predicted octanol–water partition coefficient (Wildman–Crippen LogP) is 3.52. The first-order valence-electron chi connectivity index (χ1n) is 5.29. The van der Waals surface area contributed by atoms with Gasteiger partial charge in [-0.3, -0.25) is 0 Å². The summed E-state index contributed by atoms with van der Waals surface area (Å²) in [5.41, 5.74) is 0. The molecule has 0 amide bonds. The van der Waals surface area contributed by atoms with Crippen LogP contribution in [-0.4, -0.2) is 19.8 Å². The summed E-state index contributed by atoms with van der Waals surface area (Å²) in [7, 11) is 0. The molecule has 0 aliphatic carbocycles. The monoisotopic (exact) mass is 352 g/mol. The Morgan fingerprint density at radius 2 is 1.07 bits per heavy atom. The zero-order valence-corrected chi connectivity index (χ0v) is 13.1. The van der Waals surface area contributed by atoms with Gasteiger partial charge in [0.15, 0.2) is 0 Å². The molecule has 0 aliphatic heterocycles. The van der Waals surface area contributed by atoms with Crippen molar-refractivity contribution in [3.05, 3.63) is 0 Å². The van der Waals surface area contributed by atoms with E-state index in [1.807, 2.05) is 0 Å². The fourth-order valence-corrected chi connectivity index (χ4v) is 6.01. The quantitative estimate of drug-likeness (QED) is 0.470. The van der Waals surface area contributed by atoms with Gasteiger partial charge >= 0.3 is 103 Å². The van der Waals surface area contributed by atoms with Crippen LogP contribution in [-0.2, 0) is 24.0 Å². The average Bonchev–Trinajstić information content (AvgIpc) is 2.21. The van der Waals surface area contributed by atoms with Gasteiger partial charge in [-0.25, -0.2) is 0 Å². The second-order valence-electron chi connectivity index (χ2n) is 3.03. The molecule has 0 spiro atoms. The average molecular weight is 352 g/mol. The van der Waals surface area contributed by atoms with E-state index >= 15 is 0 Å². The van der Waals surface area contributed by atoms with Crippen LogP contribution in [0.1, 0.15) is 40.0 Å². The summed E-state index contributed by atoms with van der Waals surface area (Å²) in [6, 6.07) is 0. The molecule has 5 heteroatoms. The van der Waals surface area contributed by atoms with Crippen molar-refractivity contribution in [2.75, 3.05) is 19.8 Å². The summed E-state index contributed by atoms with van der Waals surface area (Å²) in [6.45, 7) is 8.53. The predicted molar refractivity (Wildman–Crippen MR) is 62.7 cm³/mol. The second kappa shape index (κ2) is 9.54. The first kappa shape index (κ1) is 15.3. The fourth-order valence-electron chi connectivity index (χ4n) is 0.797. The molecule has 0 aromatic rings. The van der Waals surface area contributed by atoms with Crippen molar-refractivity contribution in [2.24, 2.45) is 0 Å². The van der Waals surface area contributed by atoms with Crippen LogP contribution in [0.25, 0.3) is 0 Å². The Morgan fingerprint density at radius 3 is 1.29 bits per heavy atom. The maximum atomic E-state index is 5.71. The summed E-state index contributed by atoms with van der Waals surface area (Å²) in [5, 5.41) is 0. The van der Waals surface area contributed by atoms with Crippen molar-refractivity contribution in [3.63, 3.8) is 0 Å². The van der Waals surface area contributed by atoms with Crippen LogP contribution in [0.5, 0.6) is 0 Å². The van der Waals surface area contributed by atoms with E-state index in [1.165, 1.54) is 0 Å². The molecule has 0 atom stereocenters. The molecule has 0 aliphatic rings. The molecule has 0 aromatic heterocycles. The minimum atomic E-state index is -2.86. The molecule has 3 nitrogen and oxygen atoms in total. The van der Waals surface area contributed by atoms with Crippen molar-refractivity contribution in [1.82, 2.24) is 0 Å². The van der Waals surface area contributed by atoms with Crippen LogP contribution in [0.3, 0.4) is 0 Å². The molecule has 0 unspecified atom stereocenters. The Labute approximate surface area is 102 Å². The Morgan fingerprint density at radius 1 is 0.786 bits per heavy atom. The SMILES string of the molecule is CCC[O][Ti]([I])([O]CCC)[O]CCC. The van der Waals surface area contributed by atoms with Gasteiger partial charge in [-0.15, -0.1) is 0 Å². The van der Waals surface area contributed by atoms with Gasteiger partial charge in [-0.05, 0) is 0 Å². The van der Waals surface area contributed by atoms with Gasteiger partial charge in [-0.1, -0.05) is 0 Å². The Bertz CT molecular complexity index is 113. The molecule has 0 bridgehead atoms. The fraction of sp³-hybridized carbons (Fsp3) is 1.00. The minimum absolute atomic E-state index is 0.746. The summed E-state index contributed by atoms with van der Waals surface area (Å²) in [5.74, 6) is 0. The van der Waals surface area contributed by atoms with Crippen LogP contribution in [0.2, 0.25) is 0 Å². The molecular formula is C9H21IO3Ti. The van der Waals surface area contributed by atoms with Crippen LogP contribution >= 0.6 is 19.2 Å². The number of halogens is 1. The molecule has 14 heavy (non-hydrogen) atoms. The number of rotatable bonds is 9. The topological polar surface area (TPSA) is 27.7 Å². The second-order valence-corrected chi connectivity index (χ2v) is 11.3. The van der Waals surface area contributed by atoms with E-state index in [9.17, 15) is 0 Å². The van der Waals surface area contributed by atoms with Crippen molar-refractivity contribution < 1.29 is 24.0 Å². The number of hydrogen-bond acceptors (Lipinski definition) is 3. The third-order valence-corrected chi connectivity index (χ3v) is 7.86. The zero-order chi connectivity index (χ0) is 10.9. The van der Waals surface area contributed by atoms with E-state index in [1.54, 1.807) is 0 Å². The van der Waals surface area contributed by atoms with Crippen molar-refractivity contribution in [2.45, 2.75) is 40.0 Å². The molecule has 0 heterocycles. The van der Waals surface area contributed by atoms with Crippen LogP contribution < -0.4 is 0 Å². The molecular weight excluding hydrogens is 331 g/mol. The van der Waals surface area contributed by atoms with Crippen molar-refractivity contribution in [3.8, 4) is 0 Å². The summed E-state index contributed by atoms with van der Waals surface area (Å²) in [6.07, 6.45) is 3.04. The van der Waals surface area contributed by atoms with Crippen LogP contribution in [0.15, 0.2) is 0 Å². The van der Waals surface area contributed by atoms with E-state index in [0.29, 0.717) is 0 Å². The molecule has 0 saturated carbocycles. The van der Waals surface area contributed by atoms with Gasteiger partial charge in [-0.2, -0.15) is 0 Å². The molecule has 0 rings (SSSR count). The Kier molecular flexibility index (Phi) is 10.4. The van der Waals surface area contributed by atoms with E-state index < -0.39 is 14.0 Å². The summed E-state index contributed by atoms with van der Waals surface area (Å²) >= 11 is -0.590. The Balaban J connectivity index is 3.89. The zero-order valence-electron chi connectivity index (χ0n) is 9.35. The van der Waals surface area contributed by atoms with Gasteiger partial charge in [0, 0.05) is 0 Å². The summed E-state index contributed by atoms with van der Waals surface area (Å²) < 4.78 is 17.1. The molecule has 86 valence electrons. The van der Waals surface area contributed by atoms with Crippen LogP contribution in [0.4, 0.5) is 0 Å². The van der Waals surface area contributed by atoms with E-state index in [-0.39, 0.29) is 0 Å². The number of hydrogen-bond donors (Lipinski definition) is 0.